The van der Waals surface area contributed by atoms with Gasteiger partial charge in [0.2, 0.25) is 0 Å². The maximum atomic E-state index is 4.73. The summed E-state index contributed by atoms with van der Waals surface area (Å²) >= 11 is 0. The molecule has 0 aliphatic rings. The van der Waals surface area contributed by atoms with Gasteiger partial charge < -0.3 is 4.98 Å². The highest BCUT2D eigenvalue weighted by atomic mass is 15.1. The van der Waals surface area contributed by atoms with Crippen molar-refractivity contribution in [3.8, 4) is 11.4 Å². The van der Waals surface area contributed by atoms with Crippen LogP contribution >= 0.6 is 0 Å². The predicted octanol–water partition coefficient (Wildman–Crippen LogP) is 5.63. The second-order valence-corrected chi connectivity index (χ2v) is 6.79. The molecule has 3 heteroatoms. The van der Waals surface area contributed by atoms with Crippen LogP contribution in [0.15, 0.2) is 48.5 Å². The Morgan fingerprint density at radius 2 is 1.68 bits per heavy atom. The number of hydrogen-bond acceptors (Lipinski definition) is 2. The lowest BCUT2D eigenvalue weighted by Crippen LogP contribution is -2.25. The number of nitrogens with zero attached hydrogens (tertiary/aromatic N) is 2. The van der Waals surface area contributed by atoms with Gasteiger partial charge in [0.1, 0.15) is 5.82 Å². The largest absolute Gasteiger partial charge is 0.338 e. The molecule has 3 aromatic rings. The van der Waals surface area contributed by atoms with E-state index in [-0.39, 0.29) is 0 Å². The van der Waals surface area contributed by atoms with Gasteiger partial charge in [-0.1, -0.05) is 57.0 Å². The zero-order valence-electron chi connectivity index (χ0n) is 15.5. The highest BCUT2D eigenvalue weighted by Crippen LogP contribution is 2.22. The van der Waals surface area contributed by atoms with Crippen LogP contribution in [0.1, 0.15) is 45.1 Å². The first-order valence-corrected chi connectivity index (χ1v) is 9.56. The fraction of sp³-hybridized carbons (Fsp3) is 0.409. The Labute approximate surface area is 151 Å². The lowest BCUT2D eigenvalue weighted by atomic mass is 10.1. The van der Waals surface area contributed by atoms with Gasteiger partial charge in [-0.05, 0) is 49.7 Å². The van der Waals surface area contributed by atoms with Crippen molar-refractivity contribution in [1.29, 1.82) is 0 Å². The molecule has 0 aliphatic carbocycles. The van der Waals surface area contributed by atoms with Gasteiger partial charge in [-0.25, -0.2) is 4.98 Å². The quantitative estimate of drug-likeness (QED) is 0.549. The fourth-order valence-corrected chi connectivity index (χ4v) is 3.20. The van der Waals surface area contributed by atoms with E-state index in [9.17, 15) is 0 Å². The first kappa shape index (κ1) is 17.7. The van der Waals surface area contributed by atoms with E-state index in [0.29, 0.717) is 0 Å². The van der Waals surface area contributed by atoms with Gasteiger partial charge in [-0.2, -0.15) is 0 Å². The molecule has 0 atom stereocenters. The summed E-state index contributed by atoms with van der Waals surface area (Å²) in [6.07, 6.45) is 5.04. The standard InChI is InChI=1S/C22H29N3/c1-3-5-14-25(15-6-4-2)17-18-10-9-11-19(16-18)22-23-20-12-7-8-13-21(20)24-22/h7-13,16H,3-6,14-15,17H2,1-2H3,(H,23,24). The van der Waals surface area contributed by atoms with Crippen molar-refractivity contribution in [3.05, 3.63) is 54.1 Å². The van der Waals surface area contributed by atoms with Crippen LogP contribution in [0.3, 0.4) is 0 Å². The molecule has 0 unspecified atom stereocenters. The number of fused-ring (bicyclic) bond motifs is 1. The van der Waals surface area contributed by atoms with Gasteiger partial charge >= 0.3 is 0 Å². The summed E-state index contributed by atoms with van der Waals surface area (Å²) in [5.74, 6) is 0.955. The molecule has 132 valence electrons. The predicted molar refractivity (Wildman–Crippen MR) is 107 cm³/mol. The monoisotopic (exact) mass is 335 g/mol. The Morgan fingerprint density at radius 1 is 0.920 bits per heavy atom. The molecule has 0 spiro atoms. The lowest BCUT2D eigenvalue weighted by Gasteiger charge is -2.22. The number of aromatic nitrogens is 2. The number of rotatable bonds is 9. The minimum absolute atomic E-state index is 0.955. The van der Waals surface area contributed by atoms with Crippen LogP contribution in [-0.2, 0) is 6.54 Å². The number of nitrogens with one attached hydrogen (secondary N) is 1. The molecule has 0 radical (unpaired) electrons. The summed E-state index contributed by atoms with van der Waals surface area (Å²) in [5, 5.41) is 0. The maximum absolute atomic E-state index is 4.73. The van der Waals surface area contributed by atoms with E-state index in [4.69, 9.17) is 4.98 Å². The van der Waals surface area contributed by atoms with Gasteiger partial charge in [-0.15, -0.1) is 0 Å². The number of H-pyrrole nitrogens is 1. The summed E-state index contributed by atoms with van der Waals surface area (Å²) in [6.45, 7) is 7.92. The molecule has 0 saturated heterocycles. The van der Waals surface area contributed by atoms with Crippen LogP contribution in [0.2, 0.25) is 0 Å². The van der Waals surface area contributed by atoms with Crippen LogP contribution in [0.5, 0.6) is 0 Å². The zero-order chi connectivity index (χ0) is 17.5. The second kappa shape index (κ2) is 8.82. The molecule has 1 aromatic heterocycles. The van der Waals surface area contributed by atoms with Crippen LogP contribution in [0, 0.1) is 0 Å². The highest BCUT2D eigenvalue weighted by Gasteiger charge is 2.08. The summed E-state index contributed by atoms with van der Waals surface area (Å²) in [7, 11) is 0. The fourth-order valence-electron chi connectivity index (χ4n) is 3.20. The smallest absolute Gasteiger partial charge is 0.138 e. The lowest BCUT2D eigenvalue weighted by molar-refractivity contribution is 0.257. The van der Waals surface area contributed by atoms with Gasteiger partial charge in [-0.3, -0.25) is 4.90 Å². The molecule has 2 aromatic carbocycles. The van der Waals surface area contributed by atoms with Crippen LogP contribution in [0.25, 0.3) is 22.4 Å². The molecule has 1 N–H and O–H groups in total. The Kier molecular flexibility index (Phi) is 6.24. The van der Waals surface area contributed by atoms with Gasteiger partial charge in [0, 0.05) is 12.1 Å². The third-order valence-electron chi connectivity index (χ3n) is 4.65. The number of unbranched alkanes of at least 4 members (excludes halogenated alkanes) is 2. The van der Waals surface area contributed by atoms with Crippen molar-refractivity contribution in [2.24, 2.45) is 0 Å². The molecule has 0 amide bonds. The molecule has 3 nitrogen and oxygen atoms in total. The summed E-state index contributed by atoms with van der Waals surface area (Å²) < 4.78 is 0. The third kappa shape index (κ3) is 4.70. The topological polar surface area (TPSA) is 31.9 Å². The molecule has 1 heterocycles. The molecule has 0 aliphatic heterocycles. The van der Waals surface area contributed by atoms with Crippen LogP contribution in [-0.4, -0.2) is 28.0 Å². The first-order chi connectivity index (χ1) is 12.3. The number of benzene rings is 2. The third-order valence-corrected chi connectivity index (χ3v) is 4.65. The van der Waals surface area contributed by atoms with Crippen molar-refractivity contribution in [2.45, 2.75) is 46.1 Å². The van der Waals surface area contributed by atoms with Gasteiger partial charge in [0.15, 0.2) is 0 Å². The molecule has 3 rings (SSSR count). The van der Waals surface area contributed by atoms with Crippen molar-refractivity contribution in [1.82, 2.24) is 14.9 Å². The number of aromatic amines is 1. The van der Waals surface area contributed by atoms with E-state index in [1.165, 1.54) is 49.9 Å². The van der Waals surface area contributed by atoms with Crippen LogP contribution in [0.4, 0.5) is 0 Å². The summed E-state index contributed by atoms with van der Waals surface area (Å²) in [5.41, 5.74) is 4.65. The minimum Gasteiger partial charge on any atom is -0.338 e. The number of imidazole rings is 1. The van der Waals surface area contributed by atoms with Crippen molar-refractivity contribution >= 4 is 11.0 Å². The zero-order valence-corrected chi connectivity index (χ0v) is 15.5. The molecule has 0 bridgehead atoms. The van der Waals surface area contributed by atoms with E-state index >= 15 is 0 Å². The van der Waals surface area contributed by atoms with E-state index in [1.54, 1.807) is 0 Å². The van der Waals surface area contributed by atoms with Crippen molar-refractivity contribution < 1.29 is 0 Å². The van der Waals surface area contributed by atoms with Crippen molar-refractivity contribution in [3.63, 3.8) is 0 Å². The summed E-state index contributed by atoms with van der Waals surface area (Å²) in [4.78, 5) is 10.8. The van der Waals surface area contributed by atoms with Gasteiger partial charge in [0.05, 0.1) is 11.0 Å². The molecule has 25 heavy (non-hydrogen) atoms. The SMILES string of the molecule is CCCCN(CCCC)Cc1cccc(-c2nc3ccccc3[nH]2)c1. The maximum Gasteiger partial charge on any atom is 0.138 e. The summed E-state index contributed by atoms with van der Waals surface area (Å²) in [6, 6.07) is 17.0. The second-order valence-electron chi connectivity index (χ2n) is 6.79. The molecule has 0 fully saturated rings. The number of para-hydroxylation sites is 2. The number of hydrogen-bond donors (Lipinski definition) is 1. The van der Waals surface area contributed by atoms with Crippen LogP contribution < -0.4 is 0 Å². The Morgan fingerprint density at radius 3 is 2.40 bits per heavy atom. The highest BCUT2D eigenvalue weighted by molar-refractivity contribution is 5.79. The average Bonchev–Trinajstić information content (AvgIpc) is 3.08. The Balaban J connectivity index is 1.77. The molecular formula is C22H29N3. The average molecular weight is 335 g/mol. The van der Waals surface area contributed by atoms with Gasteiger partial charge in [0.25, 0.3) is 0 Å². The Bertz CT molecular complexity index is 750. The van der Waals surface area contributed by atoms with Crippen molar-refractivity contribution in [2.75, 3.05) is 13.1 Å². The minimum atomic E-state index is 0.955. The van der Waals surface area contributed by atoms with E-state index < -0.39 is 0 Å². The van der Waals surface area contributed by atoms with E-state index in [0.717, 1.165) is 23.4 Å². The first-order valence-electron chi connectivity index (χ1n) is 9.56. The Hall–Kier alpha value is -2.13. The van der Waals surface area contributed by atoms with E-state index in [2.05, 4.69) is 60.1 Å². The normalized spacial score (nSPS) is 11.5. The van der Waals surface area contributed by atoms with E-state index in [1.807, 2.05) is 12.1 Å². The molecule has 0 saturated carbocycles. The molecular weight excluding hydrogens is 306 g/mol.